The molecule has 0 amide bonds. The quantitative estimate of drug-likeness (QED) is 0.787. The van der Waals surface area contributed by atoms with Crippen molar-refractivity contribution in [1.29, 1.82) is 0 Å². The summed E-state index contributed by atoms with van der Waals surface area (Å²) in [5.41, 5.74) is 7.93. The van der Waals surface area contributed by atoms with Crippen LogP contribution in [0.3, 0.4) is 0 Å². The second-order valence-corrected chi connectivity index (χ2v) is 4.87. The Labute approximate surface area is 110 Å². The van der Waals surface area contributed by atoms with Gasteiger partial charge < -0.3 is 5.43 Å². The van der Waals surface area contributed by atoms with Gasteiger partial charge in [0.1, 0.15) is 0 Å². The minimum absolute atomic E-state index is 0.503. The summed E-state index contributed by atoms with van der Waals surface area (Å²) in [4.78, 5) is 0. The fraction of sp³-hybridized carbons (Fsp3) is 0.273. The summed E-state index contributed by atoms with van der Waals surface area (Å²) >= 11 is 17.9. The van der Waals surface area contributed by atoms with Crippen LogP contribution in [-0.4, -0.2) is 0 Å². The fourth-order valence-electron chi connectivity index (χ4n) is 1.59. The molecule has 1 aliphatic carbocycles. The van der Waals surface area contributed by atoms with E-state index in [1.807, 2.05) is 0 Å². The third kappa shape index (κ3) is 2.76. The summed E-state index contributed by atoms with van der Waals surface area (Å²) in [6.07, 6.45) is 5.51. The maximum absolute atomic E-state index is 6.03. The zero-order valence-corrected chi connectivity index (χ0v) is 10.8. The molecule has 2 nitrogen and oxygen atoms in total. The molecule has 0 unspecified atom stereocenters. The lowest BCUT2D eigenvalue weighted by atomic mass is 10.3. The monoisotopic (exact) mass is 276 g/mol. The second-order valence-electron chi connectivity index (χ2n) is 3.62. The molecule has 1 aromatic carbocycles. The fourth-order valence-corrected chi connectivity index (χ4v) is 2.50. The van der Waals surface area contributed by atoms with Crippen LogP contribution in [0.4, 0.5) is 5.69 Å². The van der Waals surface area contributed by atoms with Crippen molar-refractivity contribution >= 4 is 40.5 Å². The predicted molar refractivity (Wildman–Crippen MR) is 70.2 cm³/mol. The third-order valence-electron chi connectivity index (χ3n) is 2.40. The minimum Gasteiger partial charge on any atom is -0.305 e. The summed E-state index contributed by atoms with van der Waals surface area (Å²) in [6, 6.07) is 3.31. The number of hydrazine groups is 1. The first-order valence-corrected chi connectivity index (χ1v) is 6.16. The van der Waals surface area contributed by atoms with Crippen LogP contribution in [0.25, 0.3) is 0 Å². The van der Waals surface area contributed by atoms with E-state index >= 15 is 0 Å². The SMILES string of the molecule is Clc1cc(Cl)c(NNC2=CCCC2)c(Cl)c1. The first-order chi connectivity index (χ1) is 7.66. The molecule has 0 aromatic heterocycles. The zero-order valence-electron chi connectivity index (χ0n) is 8.49. The van der Waals surface area contributed by atoms with Gasteiger partial charge in [0.2, 0.25) is 0 Å². The van der Waals surface area contributed by atoms with Gasteiger partial charge in [-0.05, 0) is 31.4 Å². The van der Waals surface area contributed by atoms with Crippen molar-refractivity contribution in [2.75, 3.05) is 5.43 Å². The molecule has 0 bridgehead atoms. The Morgan fingerprint density at radius 1 is 1.00 bits per heavy atom. The van der Waals surface area contributed by atoms with E-state index in [9.17, 15) is 0 Å². The highest BCUT2D eigenvalue weighted by Crippen LogP contribution is 2.33. The van der Waals surface area contributed by atoms with Crippen molar-refractivity contribution in [3.05, 3.63) is 39.0 Å². The van der Waals surface area contributed by atoms with Crippen molar-refractivity contribution in [3.8, 4) is 0 Å². The van der Waals surface area contributed by atoms with Gasteiger partial charge in [0.05, 0.1) is 15.7 Å². The number of rotatable bonds is 3. The van der Waals surface area contributed by atoms with Gasteiger partial charge in [-0.2, -0.15) is 0 Å². The van der Waals surface area contributed by atoms with Gasteiger partial charge in [-0.25, -0.2) is 0 Å². The van der Waals surface area contributed by atoms with E-state index in [-0.39, 0.29) is 0 Å². The lowest BCUT2D eigenvalue weighted by molar-refractivity contribution is 0.839. The molecule has 0 fully saturated rings. The van der Waals surface area contributed by atoms with Crippen LogP contribution in [0.2, 0.25) is 15.1 Å². The lowest BCUT2D eigenvalue weighted by Gasteiger charge is -2.13. The molecule has 0 spiro atoms. The average molecular weight is 278 g/mol. The van der Waals surface area contributed by atoms with Crippen molar-refractivity contribution in [1.82, 2.24) is 5.43 Å². The summed E-state index contributed by atoms with van der Waals surface area (Å²) in [5, 5.41) is 1.54. The van der Waals surface area contributed by atoms with Gasteiger partial charge in [0, 0.05) is 10.7 Å². The first kappa shape index (κ1) is 11.9. The van der Waals surface area contributed by atoms with Crippen molar-refractivity contribution in [2.45, 2.75) is 19.3 Å². The van der Waals surface area contributed by atoms with E-state index in [4.69, 9.17) is 34.8 Å². The summed E-state index contributed by atoms with van der Waals surface area (Å²) in [5.74, 6) is 0. The van der Waals surface area contributed by atoms with E-state index in [2.05, 4.69) is 16.9 Å². The van der Waals surface area contributed by atoms with E-state index in [0.29, 0.717) is 20.8 Å². The topological polar surface area (TPSA) is 24.1 Å². The average Bonchev–Trinajstić information content (AvgIpc) is 2.68. The number of benzene rings is 1. The summed E-state index contributed by atoms with van der Waals surface area (Å²) < 4.78 is 0. The lowest BCUT2D eigenvalue weighted by Crippen LogP contribution is -2.20. The number of hydrogen-bond donors (Lipinski definition) is 2. The molecule has 1 aliphatic rings. The van der Waals surface area contributed by atoms with Crippen LogP contribution >= 0.6 is 34.8 Å². The Morgan fingerprint density at radius 3 is 2.25 bits per heavy atom. The van der Waals surface area contributed by atoms with Gasteiger partial charge in [-0.3, -0.25) is 5.43 Å². The number of halogens is 3. The van der Waals surface area contributed by atoms with Gasteiger partial charge >= 0.3 is 0 Å². The molecule has 0 aliphatic heterocycles. The Kier molecular flexibility index (Phi) is 3.85. The second kappa shape index (κ2) is 5.17. The third-order valence-corrected chi connectivity index (χ3v) is 3.21. The Balaban J connectivity index is 2.09. The van der Waals surface area contributed by atoms with Crippen LogP contribution in [0.15, 0.2) is 23.9 Å². The van der Waals surface area contributed by atoms with E-state index < -0.39 is 0 Å². The molecule has 16 heavy (non-hydrogen) atoms. The molecule has 1 aromatic rings. The largest absolute Gasteiger partial charge is 0.305 e. The maximum atomic E-state index is 6.03. The molecule has 86 valence electrons. The molecule has 2 rings (SSSR count). The van der Waals surface area contributed by atoms with E-state index in [0.717, 1.165) is 12.8 Å². The Bertz CT molecular complexity index is 406. The number of hydrogen-bond acceptors (Lipinski definition) is 2. The number of nitrogens with one attached hydrogen (secondary N) is 2. The van der Waals surface area contributed by atoms with Crippen molar-refractivity contribution < 1.29 is 0 Å². The van der Waals surface area contributed by atoms with Gasteiger partial charge in [0.25, 0.3) is 0 Å². The molecule has 5 heteroatoms. The van der Waals surface area contributed by atoms with Crippen LogP contribution in [0, 0.1) is 0 Å². The molecule has 0 radical (unpaired) electrons. The van der Waals surface area contributed by atoms with Crippen LogP contribution in [0.1, 0.15) is 19.3 Å². The molecule has 0 heterocycles. The molecule has 0 atom stereocenters. The van der Waals surface area contributed by atoms with Gasteiger partial charge in [-0.1, -0.05) is 40.9 Å². The van der Waals surface area contributed by atoms with Crippen LogP contribution < -0.4 is 10.9 Å². The molecule has 2 N–H and O–H groups in total. The summed E-state index contributed by atoms with van der Waals surface area (Å²) in [7, 11) is 0. The van der Waals surface area contributed by atoms with E-state index in [1.54, 1.807) is 12.1 Å². The molecule has 0 saturated heterocycles. The van der Waals surface area contributed by atoms with Crippen LogP contribution in [-0.2, 0) is 0 Å². The maximum Gasteiger partial charge on any atom is 0.0913 e. The molecular weight excluding hydrogens is 266 g/mol. The highest BCUT2D eigenvalue weighted by Gasteiger charge is 2.09. The van der Waals surface area contributed by atoms with E-state index in [1.165, 1.54) is 12.1 Å². The Morgan fingerprint density at radius 2 is 1.69 bits per heavy atom. The molecular formula is C11H11Cl3N2. The predicted octanol–water partition coefficient (Wildman–Crippen LogP) is 4.63. The number of allylic oxidation sites excluding steroid dienone is 2. The summed E-state index contributed by atoms with van der Waals surface area (Å²) in [6.45, 7) is 0. The Hall–Kier alpha value is -0.570. The zero-order chi connectivity index (χ0) is 11.5. The minimum atomic E-state index is 0.503. The van der Waals surface area contributed by atoms with Crippen molar-refractivity contribution in [2.24, 2.45) is 0 Å². The first-order valence-electron chi connectivity index (χ1n) is 5.02. The van der Waals surface area contributed by atoms with Crippen LogP contribution in [0.5, 0.6) is 0 Å². The van der Waals surface area contributed by atoms with Gasteiger partial charge in [-0.15, -0.1) is 0 Å². The highest BCUT2D eigenvalue weighted by molar-refractivity contribution is 6.41. The smallest absolute Gasteiger partial charge is 0.0913 e. The highest BCUT2D eigenvalue weighted by atomic mass is 35.5. The molecule has 0 saturated carbocycles. The van der Waals surface area contributed by atoms with Gasteiger partial charge in [0.15, 0.2) is 0 Å². The normalized spacial score (nSPS) is 14.8. The standard InChI is InChI=1S/C11H11Cl3N2/c12-7-5-9(13)11(10(14)6-7)16-15-8-3-1-2-4-8/h3,5-6,15-16H,1-2,4H2. The number of anilines is 1. The van der Waals surface area contributed by atoms with Crippen molar-refractivity contribution in [3.63, 3.8) is 0 Å².